The summed E-state index contributed by atoms with van der Waals surface area (Å²) in [6, 6.07) is 6.21. The largest absolute Gasteiger partial charge is 0.416 e. The van der Waals surface area contributed by atoms with Crippen LogP contribution < -0.4 is 10.6 Å². The fraction of sp³-hybridized carbons (Fsp3) is 0.462. The maximum atomic E-state index is 13.3. The highest BCUT2D eigenvalue weighted by atomic mass is 19.4. The molecular formula is C26H33F3N4O4. The Hall–Kier alpha value is -3.47. The summed E-state index contributed by atoms with van der Waals surface area (Å²) in [5.74, 6) is -1.89. The second-order valence-electron chi connectivity index (χ2n) is 9.96. The second kappa shape index (κ2) is 12.7. The zero-order valence-corrected chi connectivity index (χ0v) is 21.2. The van der Waals surface area contributed by atoms with Crippen molar-refractivity contribution < 1.29 is 32.8 Å². The van der Waals surface area contributed by atoms with Crippen molar-refractivity contribution in [3.63, 3.8) is 0 Å². The number of nitrogens with zero attached hydrogens (tertiary/aromatic N) is 2. The first-order chi connectivity index (χ1) is 17.2. The Morgan fingerprint density at radius 2 is 1.76 bits per heavy atom. The molecule has 1 heterocycles. The van der Waals surface area contributed by atoms with Gasteiger partial charge in [-0.3, -0.25) is 24.6 Å². The van der Waals surface area contributed by atoms with E-state index in [1.54, 1.807) is 39.1 Å². The summed E-state index contributed by atoms with van der Waals surface area (Å²) in [5, 5.41) is 15.8. The summed E-state index contributed by atoms with van der Waals surface area (Å²) in [4.78, 5) is 41.5. The minimum Gasteiger partial charge on any atom is -0.343 e. The number of carbonyl (C=O) groups is 3. The second-order valence-corrected chi connectivity index (χ2v) is 9.96. The number of hydrogen-bond donors (Lipinski definition) is 3. The number of benzene rings is 1. The molecule has 37 heavy (non-hydrogen) atoms. The molecule has 0 radical (unpaired) electrons. The van der Waals surface area contributed by atoms with E-state index in [2.05, 4.69) is 15.6 Å². The maximum Gasteiger partial charge on any atom is 0.416 e. The average molecular weight is 523 g/mol. The van der Waals surface area contributed by atoms with E-state index in [0.29, 0.717) is 29.2 Å². The minimum atomic E-state index is -4.43. The highest BCUT2D eigenvalue weighted by molar-refractivity contribution is 5.98. The van der Waals surface area contributed by atoms with E-state index in [9.17, 15) is 32.8 Å². The summed E-state index contributed by atoms with van der Waals surface area (Å²) in [5.41, 5.74) is -0.319. The average Bonchev–Trinajstić information content (AvgIpc) is 2.83. The Morgan fingerprint density at radius 1 is 1.11 bits per heavy atom. The van der Waals surface area contributed by atoms with Crippen LogP contribution in [0.2, 0.25) is 0 Å². The Balaban J connectivity index is 2.14. The van der Waals surface area contributed by atoms with Gasteiger partial charge in [-0.15, -0.1) is 0 Å². The predicted octanol–water partition coefficient (Wildman–Crippen LogP) is 4.45. The predicted molar refractivity (Wildman–Crippen MR) is 131 cm³/mol. The third kappa shape index (κ3) is 8.85. The minimum absolute atomic E-state index is 0.192. The van der Waals surface area contributed by atoms with Crippen molar-refractivity contribution in [1.82, 2.24) is 15.4 Å². The number of rotatable bonds is 11. The summed E-state index contributed by atoms with van der Waals surface area (Å²) in [6.45, 7) is 6.85. The van der Waals surface area contributed by atoms with Crippen molar-refractivity contribution in [1.29, 1.82) is 0 Å². The number of alkyl halides is 3. The smallest absolute Gasteiger partial charge is 0.343 e. The number of aryl methyl sites for hydroxylation is 1. The van der Waals surface area contributed by atoms with E-state index in [1.165, 1.54) is 25.3 Å². The van der Waals surface area contributed by atoms with Crippen LogP contribution >= 0.6 is 0 Å². The molecule has 202 valence electrons. The van der Waals surface area contributed by atoms with Crippen LogP contribution in [-0.2, 0) is 27.0 Å². The maximum absolute atomic E-state index is 13.3. The summed E-state index contributed by atoms with van der Waals surface area (Å²) in [7, 11) is 0. The van der Waals surface area contributed by atoms with E-state index in [-0.39, 0.29) is 12.8 Å². The Kier molecular flexibility index (Phi) is 10.2. The molecule has 0 aliphatic carbocycles. The Morgan fingerprint density at radius 3 is 2.27 bits per heavy atom. The number of hydrogen-bond acceptors (Lipinski definition) is 5. The number of pyridine rings is 1. The molecule has 3 atom stereocenters. The van der Waals surface area contributed by atoms with E-state index < -0.39 is 47.0 Å². The first-order valence-corrected chi connectivity index (χ1v) is 11.8. The highest BCUT2D eigenvalue weighted by Gasteiger charge is 2.37. The molecule has 0 fully saturated rings. The van der Waals surface area contributed by atoms with Gasteiger partial charge < -0.3 is 10.6 Å². The molecule has 0 aliphatic heterocycles. The van der Waals surface area contributed by atoms with Gasteiger partial charge in [0.1, 0.15) is 6.04 Å². The van der Waals surface area contributed by atoms with Crippen LogP contribution in [0, 0.1) is 11.3 Å². The van der Waals surface area contributed by atoms with Gasteiger partial charge in [0.05, 0.1) is 29.4 Å². The number of halogens is 3. The Bertz CT molecular complexity index is 1040. The van der Waals surface area contributed by atoms with Crippen LogP contribution in [-0.4, -0.2) is 45.6 Å². The summed E-state index contributed by atoms with van der Waals surface area (Å²) >= 11 is 0. The molecule has 3 amide bonds. The van der Waals surface area contributed by atoms with Gasteiger partial charge in [0.2, 0.25) is 18.2 Å². The molecule has 0 aliphatic rings. The topological polar surface area (TPSA) is 112 Å². The standard InChI is InChI=1S/C26H33F3N4O4/c1-17(33(37)16-34)21(9-5-7-18-10-12-19(13-11-18)26(27,28)29)23(35)32-22(25(2,3)4)24(36)31-20-8-6-14-30-15-20/h6,8,10-17,21-22,37H,5,7,9H2,1-4H3,(H,31,36)(H,32,35)/t17-,21+,22+/m0/s1. The van der Waals surface area contributed by atoms with Crippen molar-refractivity contribution in [3.05, 3.63) is 59.9 Å². The molecule has 0 unspecified atom stereocenters. The van der Waals surface area contributed by atoms with Crippen LogP contribution in [0.3, 0.4) is 0 Å². The molecule has 0 saturated heterocycles. The lowest BCUT2D eigenvalue weighted by Gasteiger charge is -2.33. The molecule has 2 aromatic rings. The van der Waals surface area contributed by atoms with Gasteiger partial charge in [-0.25, -0.2) is 5.06 Å². The molecule has 0 spiro atoms. The number of hydroxylamine groups is 2. The van der Waals surface area contributed by atoms with E-state index in [1.807, 2.05) is 0 Å². The third-order valence-corrected chi connectivity index (χ3v) is 6.05. The molecule has 8 nitrogen and oxygen atoms in total. The molecular weight excluding hydrogens is 489 g/mol. The fourth-order valence-electron chi connectivity index (χ4n) is 3.83. The van der Waals surface area contributed by atoms with Gasteiger partial charge in [0, 0.05) is 6.20 Å². The summed E-state index contributed by atoms with van der Waals surface area (Å²) in [6.07, 6.45) is -0.225. The van der Waals surface area contributed by atoms with Gasteiger partial charge in [-0.2, -0.15) is 13.2 Å². The lowest BCUT2D eigenvalue weighted by Crippen LogP contribution is -2.55. The monoisotopic (exact) mass is 522 g/mol. The number of amides is 3. The van der Waals surface area contributed by atoms with Gasteiger partial charge >= 0.3 is 6.18 Å². The van der Waals surface area contributed by atoms with Gasteiger partial charge in [0.15, 0.2) is 0 Å². The van der Waals surface area contributed by atoms with Crippen LogP contribution in [0.1, 0.15) is 51.7 Å². The van der Waals surface area contributed by atoms with Crippen molar-refractivity contribution in [2.24, 2.45) is 11.3 Å². The zero-order chi connectivity index (χ0) is 27.8. The fourth-order valence-corrected chi connectivity index (χ4v) is 3.83. The molecule has 11 heteroatoms. The Labute approximate surface area is 214 Å². The SMILES string of the molecule is C[C@@H]([C@@H](CCCc1ccc(C(F)(F)F)cc1)C(=O)N[C@H](C(=O)Nc1cccnc1)C(C)(C)C)N(O)C=O. The molecule has 0 bridgehead atoms. The number of carbonyl (C=O) groups excluding carboxylic acids is 3. The quantitative estimate of drug-likeness (QED) is 0.229. The van der Waals surface area contributed by atoms with Crippen molar-refractivity contribution in [3.8, 4) is 0 Å². The molecule has 2 rings (SSSR count). The first kappa shape index (κ1) is 29.8. The van der Waals surface area contributed by atoms with Gasteiger partial charge in [-0.1, -0.05) is 32.9 Å². The lowest BCUT2D eigenvalue weighted by molar-refractivity contribution is -0.166. The van der Waals surface area contributed by atoms with E-state index >= 15 is 0 Å². The lowest BCUT2D eigenvalue weighted by atomic mass is 9.84. The highest BCUT2D eigenvalue weighted by Crippen LogP contribution is 2.29. The van der Waals surface area contributed by atoms with Crippen molar-refractivity contribution in [2.75, 3.05) is 5.32 Å². The molecule has 1 aromatic carbocycles. The molecule has 1 aromatic heterocycles. The first-order valence-electron chi connectivity index (χ1n) is 11.8. The van der Waals surface area contributed by atoms with Crippen molar-refractivity contribution >= 4 is 23.9 Å². The van der Waals surface area contributed by atoms with Crippen LogP contribution in [0.4, 0.5) is 18.9 Å². The van der Waals surface area contributed by atoms with Gasteiger partial charge in [-0.05, 0) is 61.4 Å². The van der Waals surface area contributed by atoms with Crippen molar-refractivity contribution in [2.45, 2.75) is 65.2 Å². The zero-order valence-electron chi connectivity index (χ0n) is 21.2. The molecule has 0 saturated carbocycles. The molecule has 3 N–H and O–H groups in total. The van der Waals surface area contributed by atoms with E-state index in [0.717, 1.165) is 12.1 Å². The van der Waals surface area contributed by atoms with Gasteiger partial charge in [0.25, 0.3) is 0 Å². The number of nitrogens with one attached hydrogen (secondary N) is 2. The van der Waals surface area contributed by atoms with Crippen LogP contribution in [0.25, 0.3) is 0 Å². The van der Waals surface area contributed by atoms with Crippen LogP contribution in [0.5, 0.6) is 0 Å². The normalized spacial score (nSPS) is 14.3. The van der Waals surface area contributed by atoms with Crippen LogP contribution in [0.15, 0.2) is 48.8 Å². The number of aromatic nitrogens is 1. The van der Waals surface area contributed by atoms with E-state index in [4.69, 9.17) is 0 Å². The summed E-state index contributed by atoms with van der Waals surface area (Å²) < 4.78 is 38.4. The number of anilines is 1. The third-order valence-electron chi connectivity index (χ3n) is 6.05.